The van der Waals surface area contributed by atoms with Gasteiger partial charge in [-0.3, -0.25) is 0 Å². The fraction of sp³-hybridized carbons (Fsp3) is 0.133. The van der Waals surface area contributed by atoms with Gasteiger partial charge in [-0.2, -0.15) is 0 Å². The van der Waals surface area contributed by atoms with Gasteiger partial charge < -0.3 is 10.0 Å². The van der Waals surface area contributed by atoms with Crippen LogP contribution in [0.1, 0.15) is 17.3 Å². The second-order valence-electron chi connectivity index (χ2n) is 4.17. The van der Waals surface area contributed by atoms with Gasteiger partial charge in [0.2, 0.25) is 0 Å². The van der Waals surface area contributed by atoms with Crippen LogP contribution >= 0.6 is 0 Å². The van der Waals surface area contributed by atoms with E-state index in [9.17, 15) is 13.6 Å². The van der Waals surface area contributed by atoms with Crippen LogP contribution < -0.4 is 4.90 Å². The predicted octanol–water partition coefficient (Wildman–Crippen LogP) is 3.82. The van der Waals surface area contributed by atoms with Crippen molar-refractivity contribution in [3.05, 3.63) is 59.7 Å². The van der Waals surface area contributed by atoms with Gasteiger partial charge in [0.1, 0.15) is 5.69 Å². The molecule has 0 saturated heterocycles. The summed E-state index contributed by atoms with van der Waals surface area (Å²) < 4.78 is 28.1. The molecule has 0 saturated carbocycles. The molecule has 2 rings (SSSR count). The van der Waals surface area contributed by atoms with Gasteiger partial charge in [-0.1, -0.05) is 18.2 Å². The van der Waals surface area contributed by atoms with Crippen molar-refractivity contribution in [1.29, 1.82) is 0 Å². The Morgan fingerprint density at radius 3 is 2.15 bits per heavy atom. The number of benzene rings is 2. The molecule has 104 valence electrons. The molecule has 0 aliphatic rings. The molecule has 0 unspecified atom stereocenters. The van der Waals surface area contributed by atoms with Crippen LogP contribution in [-0.4, -0.2) is 17.6 Å². The van der Waals surface area contributed by atoms with Crippen molar-refractivity contribution in [3.63, 3.8) is 0 Å². The molecule has 0 aliphatic carbocycles. The molecular formula is C15H13F2NO2. The molecule has 0 atom stereocenters. The highest BCUT2D eigenvalue weighted by molar-refractivity contribution is 5.88. The lowest BCUT2D eigenvalue weighted by atomic mass is 10.1. The Balaban J connectivity index is 2.53. The molecule has 5 heteroatoms. The number of hydrogen-bond acceptors (Lipinski definition) is 2. The van der Waals surface area contributed by atoms with Crippen LogP contribution in [0.15, 0.2) is 42.5 Å². The van der Waals surface area contributed by atoms with E-state index in [1.54, 1.807) is 37.3 Å². The average Bonchev–Trinajstić information content (AvgIpc) is 2.43. The number of halogens is 2. The van der Waals surface area contributed by atoms with Gasteiger partial charge in [-0.15, -0.1) is 0 Å². The summed E-state index contributed by atoms with van der Waals surface area (Å²) in [7, 11) is 0. The molecule has 2 aromatic rings. The molecule has 0 fully saturated rings. The second kappa shape index (κ2) is 5.69. The number of carboxylic acids is 1. The van der Waals surface area contributed by atoms with Crippen LogP contribution in [-0.2, 0) is 0 Å². The maximum Gasteiger partial charge on any atom is 0.335 e. The molecule has 0 aliphatic heterocycles. The summed E-state index contributed by atoms with van der Waals surface area (Å²) in [5.41, 5.74) is -0.0209. The number of aromatic carboxylic acids is 1. The Kier molecular flexibility index (Phi) is 3.98. The Morgan fingerprint density at radius 2 is 1.70 bits per heavy atom. The minimum atomic E-state index is -1.36. The van der Waals surface area contributed by atoms with Crippen LogP contribution in [0.25, 0.3) is 0 Å². The summed E-state index contributed by atoms with van der Waals surface area (Å²) in [6.45, 7) is 2.11. The van der Waals surface area contributed by atoms with E-state index in [0.29, 0.717) is 12.2 Å². The van der Waals surface area contributed by atoms with Crippen LogP contribution in [0, 0.1) is 11.6 Å². The molecule has 0 heterocycles. The van der Waals surface area contributed by atoms with Gasteiger partial charge in [0, 0.05) is 12.2 Å². The Bertz CT molecular complexity index is 606. The maximum atomic E-state index is 14.0. The van der Waals surface area contributed by atoms with Crippen molar-refractivity contribution in [3.8, 4) is 0 Å². The molecule has 0 radical (unpaired) electrons. The first-order valence-electron chi connectivity index (χ1n) is 6.09. The summed E-state index contributed by atoms with van der Waals surface area (Å²) in [6.07, 6.45) is 0. The smallest absolute Gasteiger partial charge is 0.335 e. The van der Waals surface area contributed by atoms with Gasteiger partial charge in [-0.05, 0) is 31.2 Å². The molecular weight excluding hydrogens is 264 g/mol. The summed E-state index contributed by atoms with van der Waals surface area (Å²) in [5, 5.41) is 8.79. The highest BCUT2D eigenvalue weighted by Gasteiger charge is 2.20. The molecule has 0 amide bonds. The number of anilines is 2. The predicted molar refractivity (Wildman–Crippen MR) is 72.4 cm³/mol. The van der Waals surface area contributed by atoms with Crippen LogP contribution in [0.4, 0.5) is 20.2 Å². The van der Waals surface area contributed by atoms with Gasteiger partial charge in [0.05, 0.1) is 5.56 Å². The van der Waals surface area contributed by atoms with Gasteiger partial charge >= 0.3 is 5.97 Å². The maximum absolute atomic E-state index is 14.0. The topological polar surface area (TPSA) is 40.5 Å². The second-order valence-corrected chi connectivity index (χ2v) is 4.17. The number of hydrogen-bond donors (Lipinski definition) is 1. The zero-order chi connectivity index (χ0) is 14.7. The van der Waals surface area contributed by atoms with Crippen LogP contribution in [0.5, 0.6) is 0 Å². The SMILES string of the molecule is CCN(c1ccccc1)c1c(F)cc(C(=O)O)cc1F. The fourth-order valence-electron chi connectivity index (χ4n) is 2.02. The van der Waals surface area contributed by atoms with E-state index >= 15 is 0 Å². The first-order valence-corrected chi connectivity index (χ1v) is 6.09. The van der Waals surface area contributed by atoms with Crippen molar-refractivity contribution >= 4 is 17.3 Å². The minimum absolute atomic E-state index is 0.247. The summed E-state index contributed by atoms with van der Waals surface area (Å²) in [4.78, 5) is 12.2. The average molecular weight is 277 g/mol. The van der Waals surface area contributed by atoms with Crippen LogP contribution in [0.2, 0.25) is 0 Å². The van der Waals surface area contributed by atoms with E-state index in [-0.39, 0.29) is 5.69 Å². The zero-order valence-electron chi connectivity index (χ0n) is 10.8. The minimum Gasteiger partial charge on any atom is -0.478 e. The number of carboxylic acid groups (broad SMARTS) is 1. The third-order valence-electron chi connectivity index (χ3n) is 2.92. The Hall–Kier alpha value is -2.43. The van der Waals surface area contributed by atoms with E-state index < -0.39 is 23.2 Å². The fourth-order valence-corrected chi connectivity index (χ4v) is 2.02. The molecule has 0 bridgehead atoms. The highest BCUT2D eigenvalue weighted by atomic mass is 19.1. The number of rotatable bonds is 4. The molecule has 3 nitrogen and oxygen atoms in total. The van der Waals surface area contributed by atoms with E-state index in [4.69, 9.17) is 5.11 Å². The molecule has 2 aromatic carbocycles. The van der Waals surface area contributed by atoms with E-state index in [1.807, 2.05) is 0 Å². The number of nitrogens with zero attached hydrogens (tertiary/aromatic N) is 1. The molecule has 20 heavy (non-hydrogen) atoms. The lowest BCUT2D eigenvalue weighted by Crippen LogP contribution is -2.19. The van der Waals surface area contributed by atoms with Gasteiger partial charge in [-0.25, -0.2) is 13.6 Å². The third-order valence-corrected chi connectivity index (χ3v) is 2.92. The Labute approximate surface area is 115 Å². The van der Waals surface area contributed by atoms with Crippen molar-refractivity contribution < 1.29 is 18.7 Å². The third kappa shape index (κ3) is 2.61. The monoisotopic (exact) mass is 277 g/mol. The summed E-state index contributed by atoms with van der Waals surface area (Å²) in [6, 6.07) is 10.4. The zero-order valence-corrected chi connectivity index (χ0v) is 10.8. The lowest BCUT2D eigenvalue weighted by molar-refractivity contribution is 0.0696. The van der Waals surface area contributed by atoms with Crippen LogP contribution in [0.3, 0.4) is 0 Å². The quantitative estimate of drug-likeness (QED) is 0.923. The number of carbonyl (C=O) groups is 1. The Morgan fingerprint density at radius 1 is 1.15 bits per heavy atom. The van der Waals surface area contributed by atoms with Gasteiger partial charge in [0.15, 0.2) is 11.6 Å². The first-order chi connectivity index (χ1) is 9.54. The molecule has 0 aromatic heterocycles. The van der Waals surface area contributed by atoms with Crippen molar-refractivity contribution in [2.45, 2.75) is 6.92 Å². The van der Waals surface area contributed by atoms with E-state index in [2.05, 4.69) is 0 Å². The normalized spacial score (nSPS) is 10.3. The molecule has 1 N–H and O–H groups in total. The van der Waals surface area contributed by atoms with E-state index in [0.717, 1.165) is 12.1 Å². The highest BCUT2D eigenvalue weighted by Crippen LogP contribution is 2.31. The lowest BCUT2D eigenvalue weighted by Gasteiger charge is -2.24. The summed E-state index contributed by atoms with van der Waals surface area (Å²) >= 11 is 0. The molecule has 0 spiro atoms. The summed E-state index contributed by atoms with van der Waals surface area (Å²) in [5.74, 6) is -3.15. The number of para-hydroxylation sites is 1. The largest absolute Gasteiger partial charge is 0.478 e. The van der Waals surface area contributed by atoms with Gasteiger partial charge in [0.25, 0.3) is 0 Å². The van der Waals surface area contributed by atoms with Crippen molar-refractivity contribution in [2.75, 3.05) is 11.4 Å². The first kappa shape index (κ1) is 14.0. The standard InChI is InChI=1S/C15H13F2NO2/c1-2-18(11-6-4-3-5-7-11)14-12(16)8-10(15(19)20)9-13(14)17/h3-9H,2H2,1H3,(H,19,20). The van der Waals surface area contributed by atoms with E-state index in [1.165, 1.54) is 4.90 Å². The van der Waals surface area contributed by atoms with Crippen molar-refractivity contribution in [2.24, 2.45) is 0 Å². The van der Waals surface area contributed by atoms with Crippen molar-refractivity contribution in [1.82, 2.24) is 0 Å².